The number of amides is 2. The summed E-state index contributed by atoms with van der Waals surface area (Å²) >= 11 is 0. The third-order valence-electron chi connectivity index (χ3n) is 5.65. The van der Waals surface area contributed by atoms with Crippen LogP contribution in [0.5, 0.6) is 5.75 Å². The zero-order chi connectivity index (χ0) is 26.6. The fourth-order valence-corrected chi connectivity index (χ4v) is 3.76. The van der Waals surface area contributed by atoms with Crippen molar-refractivity contribution < 1.29 is 32.2 Å². The van der Waals surface area contributed by atoms with Crippen LogP contribution in [0.25, 0.3) is 0 Å². The van der Waals surface area contributed by atoms with Crippen LogP contribution in [0.4, 0.5) is 23.7 Å². The van der Waals surface area contributed by atoms with Gasteiger partial charge < -0.3 is 14.8 Å². The van der Waals surface area contributed by atoms with E-state index in [0.717, 1.165) is 18.2 Å². The molecule has 1 unspecified atom stereocenters. The number of hydrogen-bond donors (Lipinski definition) is 1. The quantitative estimate of drug-likeness (QED) is 0.452. The number of alkyl halides is 3. The van der Waals surface area contributed by atoms with Crippen LogP contribution in [0.1, 0.15) is 40.4 Å². The molecule has 0 aliphatic carbocycles. The number of carbonyl (C=O) groups excluding carboxylic acids is 2. The maximum absolute atomic E-state index is 13.6. The van der Waals surface area contributed by atoms with Gasteiger partial charge in [0.2, 0.25) is 0 Å². The predicted molar refractivity (Wildman–Crippen MR) is 129 cm³/mol. The molecule has 1 aliphatic heterocycles. The number of ether oxygens (including phenoxy) is 2. The Morgan fingerprint density at radius 3 is 2.43 bits per heavy atom. The second kappa shape index (κ2) is 10.7. The summed E-state index contributed by atoms with van der Waals surface area (Å²) in [5.74, 6) is -0.613. The second-order valence-electron chi connectivity index (χ2n) is 8.12. The summed E-state index contributed by atoms with van der Waals surface area (Å²) in [6, 6.07) is 13.5. The van der Waals surface area contributed by atoms with E-state index in [9.17, 15) is 22.8 Å². The molecule has 11 heteroatoms. The average Bonchev–Trinajstić information content (AvgIpc) is 2.90. The zero-order valence-electron chi connectivity index (χ0n) is 20.0. The van der Waals surface area contributed by atoms with Crippen LogP contribution in [-0.2, 0) is 17.5 Å². The van der Waals surface area contributed by atoms with Crippen molar-refractivity contribution in [1.82, 2.24) is 9.99 Å². The first kappa shape index (κ1) is 25.7. The molecule has 1 N–H and O–H groups in total. The Morgan fingerprint density at radius 2 is 1.81 bits per heavy atom. The number of carbonyl (C=O) groups is 2. The van der Waals surface area contributed by atoms with Crippen LogP contribution < -0.4 is 10.1 Å². The van der Waals surface area contributed by atoms with Gasteiger partial charge in [0.05, 0.1) is 19.2 Å². The molecule has 2 aromatic carbocycles. The highest BCUT2D eigenvalue weighted by atomic mass is 19.4. The van der Waals surface area contributed by atoms with Crippen molar-refractivity contribution in [3.05, 3.63) is 89.2 Å². The number of aromatic nitrogens is 1. The number of nitrogens with zero attached hydrogens (tertiary/aromatic N) is 3. The largest absolute Gasteiger partial charge is 0.496 e. The third kappa shape index (κ3) is 5.88. The van der Waals surface area contributed by atoms with Gasteiger partial charge in [0.15, 0.2) is 0 Å². The molecule has 37 heavy (non-hydrogen) atoms. The number of pyridine rings is 1. The van der Waals surface area contributed by atoms with Crippen molar-refractivity contribution in [3.63, 3.8) is 0 Å². The molecule has 0 radical (unpaired) electrons. The highest BCUT2D eigenvalue weighted by Gasteiger charge is 2.37. The summed E-state index contributed by atoms with van der Waals surface area (Å²) in [6.07, 6.45) is -2.78. The molecule has 0 spiro atoms. The second-order valence-corrected chi connectivity index (χ2v) is 8.12. The lowest BCUT2D eigenvalue weighted by Crippen LogP contribution is -2.41. The van der Waals surface area contributed by atoms with Gasteiger partial charge in [-0.2, -0.15) is 23.3 Å². The lowest BCUT2D eigenvalue weighted by molar-refractivity contribution is -0.138. The normalized spacial score (nSPS) is 15.6. The van der Waals surface area contributed by atoms with E-state index >= 15 is 0 Å². The van der Waals surface area contributed by atoms with Crippen LogP contribution in [0, 0.1) is 0 Å². The van der Waals surface area contributed by atoms with Crippen LogP contribution in [-0.4, -0.2) is 40.9 Å². The Labute approximate surface area is 210 Å². The average molecular weight is 512 g/mol. The van der Waals surface area contributed by atoms with Gasteiger partial charge in [-0.25, -0.2) is 4.79 Å². The molecule has 2 amide bonds. The number of hydrazone groups is 1. The minimum atomic E-state index is -4.64. The summed E-state index contributed by atoms with van der Waals surface area (Å²) in [7, 11) is 1.16. The van der Waals surface area contributed by atoms with Crippen LogP contribution in [0.3, 0.4) is 0 Å². The molecule has 3 aromatic rings. The number of anilines is 1. The fraction of sp³-hybridized carbons (Fsp3) is 0.231. The highest BCUT2D eigenvalue weighted by molar-refractivity contribution is 6.06. The SMILES string of the molecule is CCC1OC(=O)N(Cc2ccc(NC(=O)c3ccncc3)cc2)N=C1c1ccc(OC)c(C(F)(F)F)c1. The van der Waals surface area contributed by atoms with E-state index in [-0.39, 0.29) is 29.5 Å². The molecule has 1 aromatic heterocycles. The first-order chi connectivity index (χ1) is 17.7. The van der Waals surface area contributed by atoms with Crippen molar-refractivity contribution in [2.45, 2.75) is 32.2 Å². The minimum absolute atomic E-state index is 0.0135. The topological polar surface area (TPSA) is 93.1 Å². The van der Waals surface area contributed by atoms with Gasteiger partial charge in [0.25, 0.3) is 5.91 Å². The molecule has 0 saturated heterocycles. The van der Waals surface area contributed by atoms with E-state index in [0.29, 0.717) is 23.2 Å². The molecule has 2 heterocycles. The van der Waals surface area contributed by atoms with Crippen molar-refractivity contribution in [2.24, 2.45) is 5.10 Å². The number of cyclic esters (lactones) is 1. The van der Waals surface area contributed by atoms with Crippen molar-refractivity contribution >= 4 is 23.4 Å². The van der Waals surface area contributed by atoms with Gasteiger partial charge in [0, 0.05) is 29.2 Å². The Morgan fingerprint density at radius 1 is 1.11 bits per heavy atom. The molecule has 1 atom stereocenters. The first-order valence-corrected chi connectivity index (χ1v) is 11.3. The van der Waals surface area contributed by atoms with Gasteiger partial charge in [-0.3, -0.25) is 9.78 Å². The maximum atomic E-state index is 13.6. The Kier molecular flexibility index (Phi) is 7.42. The van der Waals surface area contributed by atoms with Crippen LogP contribution >= 0.6 is 0 Å². The summed E-state index contributed by atoms with van der Waals surface area (Å²) in [6.45, 7) is 1.76. The van der Waals surface area contributed by atoms with E-state index in [1.54, 1.807) is 43.3 Å². The summed E-state index contributed by atoms with van der Waals surface area (Å²) in [4.78, 5) is 28.8. The van der Waals surface area contributed by atoms with Gasteiger partial charge in [-0.1, -0.05) is 19.1 Å². The van der Waals surface area contributed by atoms with E-state index in [1.807, 2.05) is 0 Å². The number of rotatable bonds is 7. The highest BCUT2D eigenvalue weighted by Crippen LogP contribution is 2.37. The molecule has 0 saturated carbocycles. The standard InChI is InChI=1S/C26H23F3N4O4/c1-3-21-23(18-6-9-22(36-2)20(14-18)26(27,28)29)32-33(25(35)37-21)15-16-4-7-19(8-5-16)31-24(34)17-10-12-30-13-11-17/h4-14,21H,3,15H2,1-2H3,(H,31,34). The molecular weight excluding hydrogens is 489 g/mol. The molecule has 4 rings (SSSR count). The van der Waals surface area contributed by atoms with Gasteiger partial charge in [0.1, 0.15) is 17.6 Å². The molecule has 192 valence electrons. The van der Waals surface area contributed by atoms with E-state index < -0.39 is 23.9 Å². The Balaban J connectivity index is 1.55. The zero-order valence-corrected chi connectivity index (χ0v) is 20.0. The number of nitrogens with one attached hydrogen (secondary N) is 1. The fourth-order valence-electron chi connectivity index (χ4n) is 3.76. The van der Waals surface area contributed by atoms with E-state index in [4.69, 9.17) is 9.47 Å². The Hall–Kier alpha value is -4.41. The smallest absolute Gasteiger partial charge is 0.431 e. The number of benzene rings is 2. The number of methoxy groups -OCH3 is 1. The van der Waals surface area contributed by atoms with Gasteiger partial charge in [-0.15, -0.1) is 0 Å². The molecule has 8 nitrogen and oxygen atoms in total. The van der Waals surface area contributed by atoms with E-state index in [2.05, 4.69) is 15.4 Å². The van der Waals surface area contributed by atoms with Crippen molar-refractivity contribution in [1.29, 1.82) is 0 Å². The van der Waals surface area contributed by atoms with E-state index in [1.165, 1.54) is 24.5 Å². The molecule has 1 aliphatic rings. The predicted octanol–water partition coefficient (Wildman–Crippen LogP) is 5.50. The third-order valence-corrected chi connectivity index (χ3v) is 5.65. The summed E-state index contributed by atoms with van der Waals surface area (Å²) < 4.78 is 51.0. The lowest BCUT2D eigenvalue weighted by atomic mass is 10.00. The Bertz CT molecular complexity index is 1310. The molecule has 0 fully saturated rings. The van der Waals surface area contributed by atoms with Crippen molar-refractivity contribution in [3.8, 4) is 5.75 Å². The minimum Gasteiger partial charge on any atom is -0.496 e. The van der Waals surface area contributed by atoms with Crippen LogP contribution in [0.15, 0.2) is 72.1 Å². The molecular formula is C26H23F3N4O4. The van der Waals surface area contributed by atoms with Crippen molar-refractivity contribution in [2.75, 3.05) is 12.4 Å². The monoisotopic (exact) mass is 512 g/mol. The van der Waals surface area contributed by atoms with Crippen LogP contribution in [0.2, 0.25) is 0 Å². The number of hydrogen-bond acceptors (Lipinski definition) is 6. The summed E-state index contributed by atoms with van der Waals surface area (Å²) in [5.41, 5.74) is 1.10. The first-order valence-electron chi connectivity index (χ1n) is 11.3. The van der Waals surface area contributed by atoms with Gasteiger partial charge in [-0.05, 0) is 54.4 Å². The van der Waals surface area contributed by atoms with Gasteiger partial charge >= 0.3 is 12.3 Å². The lowest BCUT2D eigenvalue weighted by Gasteiger charge is -2.29. The number of halogens is 3. The molecule has 0 bridgehead atoms. The maximum Gasteiger partial charge on any atom is 0.431 e. The summed E-state index contributed by atoms with van der Waals surface area (Å²) in [5, 5.41) is 8.19.